The number of amidine groups is 1. The summed E-state index contributed by atoms with van der Waals surface area (Å²) < 4.78 is 31.7. The maximum atomic E-state index is 13.4. The molecule has 13 heteroatoms. The molecular weight excluding hydrogens is 526 g/mol. The number of ether oxygens (including phenoxy) is 1. The number of nitrogen functional groups attached to an aromatic ring is 1. The zero-order chi connectivity index (χ0) is 29.2. The number of methoxy groups -OCH3 is 1. The highest BCUT2D eigenvalue weighted by Crippen LogP contribution is 2.22. The first-order chi connectivity index (χ1) is 18.3. The second-order valence-corrected chi connectivity index (χ2v) is 10.8. The van der Waals surface area contributed by atoms with Gasteiger partial charge in [0.05, 0.1) is 13.4 Å². The molecule has 6 N–H and O–H groups in total. The molecule has 2 amide bonds. The van der Waals surface area contributed by atoms with Crippen LogP contribution >= 0.6 is 0 Å². The standard InChI is InChI=1S/C24H31N5O5S.C2H4O2/c1-34-21-14-17(22(25)26)10-11-18(21)15-27-23(30)20-9-6-12-29(20)24(31)19(28-35(2,32)33)13-16-7-4-3-5-8-16;1-2(3)4/h3-5,7-8,10-11,14,19-20,28H,6,9,12-13,15H2,1-2H3,(H3,25,26)(H,27,30);1H3,(H,3,4)/t19-,20?;/m1./s1. The van der Waals surface area contributed by atoms with E-state index in [9.17, 15) is 18.0 Å². The summed E-state index contributed by atoms with van der Waals surface area (Å²) in [6, 6.07) is 12.4. The third-order valence-corrected chi connectivity index (χ3v) is 6.54. The minimum absolute atomic E-state index is 0.0910. The minimum atomic E-state index is -3.66. The van der Waals surface area contributed by atoms with Gasteiger partial charge in [-0.15, -0.1) is 0 Å². The maximum absolute atomic E-state index is 13.4. The van der Waals surface area contributed by atoms with Crippen molar-refractivity contribution in [2.24, 2.45) is 5.73 Å². The average Bonchev–Trinajstić information content (AvgIpc) is 3.36. The van der Waals surface area contributed by atoms with E-state index in [0.29, 0.717) is 36.3 Å². The molecule has 212 valence electrons. The minimum Gasteiger partial charge on any atom is -0.496 e. The molecule has 2 aromatic rings. The van der Waals surface area contributed by atoms with Crippen LogP contribution in [0.25, 0.3) is 0 Å². The number of benzene rings is 2. The van der Waals surface area contributed by atoms with Gasteiger partial charge < -0.3 is 25.8 Å². The predicted molar refractivity (Wildman–Crippen MR) is 146 cm³/mol. The molecular formula is C26H35N5O7S. The van der Waals surface area contributed by atoms with Crippen LogP contribution in [0, 0.1) is 5.41 Å². The molecule has 1 fully saturated rings. The second kappa shape index (κ2) is 14.3. The summed E-state index contributed by atoms with van der Waals surface area (Å²) in [4.78, 5) is 36.9. The molecule has 3 rings (SSSR count). The van der Waals surface area contributed by atoms with Crippen molar-refractivity contribution in [3.63, 3.8) is 0 Å². The zero-order valence-electron chi connectivity index (χ0n) is 22.1. The number of nitrogens with two attached hydrogens (primary N) is 1. The fourth-order valence-corrected chi connectivity index (χ4v) is 4.85. The number of nitrogens with zero attached hydrogens (tertiary/aromatic N) is 1. The van der Waals surface area contributed by atoms with Crippen LogP contribution in [0.2, 0.25) is 0 Å². The summed E-state index contributed by atoms with van der Waals surface area (Å²) in [5.41, 5.74) is 7.54. The number of rotatable bonds is 10. The fourth-order valence-electron chi connectivity index (χ4n) is 4.15. The first-order valence-corrected chi connectivity index (χ1v) is 14.0. The van der Waals surface area contributed by atoms with Crippen molar-refractivity contribution in [3.05, 3.63) is 65.2 Å². The van der Waals surface area contributed by atoms with Gasteiger partial charge in [-0.2, -0.15) is 0 Å². The number of carboxylic acids is 1. The lowest BCUT2D eigenvalue weighted by Crippen LogP contribution is -2.54. The summed E-state index contributed by atoms with van der Waals surface area (Å²) in [6.07, 6.45) is 2.31. The topological polar surface area (TPSA) is 192 Å². The predicted octanol–water partition coefficient (Wildman–Crippen LogP) is 0.838. The van der Waals surface area contributed by atoms with Gasteiger partial charge in [-0.25, -0.2) is 13.1 Å². The molecule has 12 nitrogen and oxygen atoms in total. The van der Waals surface area contributed by atoms with Crippen LogP contribution in [0.3, 0.4) is 0 Å². The molecule has 0 radical (unpaired) electrons. The number of carbonyl (C=O) groups excluding carboxylic acids is 2. The molecule has 1 aliphatic rings. The van der Waals surface area contributed by atoms with E-state index in [0.717, 1.165) is 18.7 Å². The Morgan fingerprint density at radius 1 is 1.21 bits per heavy atom. The molecule has 1 aliphatic heterocycles. The van der Waals surface area contributed by atoms with E-state index < -0.39 is 34.0 Å². The first-order valence-electron chi connectivity index (χ1n) is 12.1. The Morgan fingerprint density at radius 3 is 2.41 bits per heavy atom. The Balaban J connectivity index is 0.00000124. The smallest absolute Gasteiger partial charge is 0.300 e. The molecule has 1 unspecified atom stereocenters. The normalized spacial score (nSPS) is 15.5. The molecule has 2 aromatic carbocycles. The lowest BCUT2D eigenvalue weighted by Gasteiger charge is -2.28. The number of amides is 2. The third kappa shape index (κ3) is 10.0. The molecule has 0 bridgehead atoms. The summed E-state index contributed by atoms with van der Waals surface area (Å²) in [5.74, 6) is -1.20. The first kappa shape index (κ1) is 31.2. The Kier molecular flexibility index (Phi) is 11.4. The van der Waals surface area contributed by atoms with Crippen LogP contribution in [-0.2, 0) is 37.4 Å². The highest BCUT2D eigenvalue weighted by Gasteiger charge is 2.38. The van der Waals surface area contributed by atoms with Gasteiger partial charge in [0.2, 0.25) is 21.8 Å². The van der Waals surface area contributed by atoms with Crippen molar-refractivity contribution in [2.45, 2.75) is 44.8 Å². The van der Waals surface area contributed by atoms with Crippen molar-refractivity contribution < 1.29 is 32.6 Å². The van der Waals surface area contributed by atoms with Crippen LogP contribution in [-0.4, -0.2) is 74.0 Å². The molecule has 0 saturated carbocycles. The third-order valence-electron chi connectivity index (χ3n) is 5.83. The lowest BCUT2D eigenvalue weighted by atomic mass is 10.0. The van der Waals surface area contributed by atoms with Crippen molar-refractivity contribution in [2.75, 3.05) is 19.9 Å². The molecule has 2 atom stereocenters. The van der Waals surface area contributed by atoms with E-state index in [2.05, 4.69) is 10.0 Å². The van der Waals surface area contributed by atoms with Crippen LogP contribution < -0.4 is 20.5 Å². The molecule has 0 spiro atoms. The van der Waals surface area contributed by atoms with E-state index in [1.807, 2.05) is 30.3 Å². The van der Waals surface area contributed by atoms with Crippen molar-refractivity contribution >= 4 is 33.6 Å². The molecule has 0 aliphatic carbocycles. The fraction of sp³-hybridized carbons (Fsp3) is 0.385. The van der Waals surface area contributed by atoms with Crippen molar-refractivity contribution in [1.29, 1.82) is 5.41 Å². The number of carboxylic acid groups (broad SMARTS) is 1. The number of carbonyl (C=O) groups is 3. The van der Waals surface area contributed by atoms with Gasteiger partial charge in [0.15, 0.2) is 0 Å². The maximum Gasteiger partial charge on any atom is 0.300 e. The van der Waals surface area contributed by atoms with Crippen LogP contribution in [0.4, 0.5) is 0 Å². The Hall–Kier alpha value is -3.97. The summed E-state index contributed by atoms with van der Waals surface area (Å²) >= 11 is 0. The number of likely N-dealkylation sites (tertiary alicyclic amines) is 1. The molecule has 39 heavy (non-hydrogen) atoms. The van der Waals surface area contributed by atoms with Crippen molar-refractivity contribution in [3.8, 4) is 5.75 Å². The van der Waals surface area contributed by atoms with Crippen LogP contribution in [0.5, 0.6) is 5.75 Å². The molecule has 1 saturated heterocycles. The second-order valence-electron chi connectivity index (χ2n) is 9.00. The van der Waals surface area contributed by atoms with Crippen LogP contribution in [0.1, 0.15) is 36.5 Å². The van der Waals surface area contributed by atoms with E-state index in [1.54, 1.807) is 18.2 Å². The van der Waals surface area contributed by atoms with Gasteiger partial charge >= 0.3 is 0 Å². The highest BCUT2D eigenvalue weighted by atomic mass is 32.2. The van der Waals surface area contributed by atoms with E-state index in [4.69, 9.17) is 25.8 Å². The van der Waals surface area contributed by atoms with Gasteiger partial charge in [-0.1, -0.05) is 42.5 Å². The Bertz CT molecular complexity index is 1280. The Labute approximate surface area is 228 Å². The number of nitrogens with one attached hydrogen (secondary N) is 3. The van der Waals surface area contributed by atoms with E-state index in [-0.39, 0.29) is 24.7 Å². The number of hydrogen-bond donors (Lipinski definition) is 5. The van der Waals surface area contributed by atoms with Gasteiger partial charge in [0.1, 0.15) is 23.7 Å². The molecule has 1 heterocycles. The summed E-state index contributed by atoms with van der Waals surface area (Å²) in [5, 5.41) is 17.8. The largest absolute Gasteiger partial charge is 0.496 e. The monoisotopic (exact) mass is 561 g/mol. The van der Waals surface area contributed by atoms with Gasteiger partial charge in [0, 0.05) is 31.1 Å². The number of sulfonamides is 1. The number of aliphatic carboxylic acids is 1. The quantitative estimate of drug-likeness (QED) is 0.208. The van der Waals surface area contributed by atoms with E-state index >= 15 is 0 Å². The number of hydrogen-bond acceptors (Lipinski definition) is 7. The molecule has 0 aromatic heterocycles. The van der Waals surface area contributed by atoms with Gasteiger partial charge in [-0.3, -0.25) is 19.8 Å². The average molecular weight is 562 g/mol. The SMILES string of the molecule is CC(=O)O.COc1cc(C(=N)N)ccc1CNC(=O)C1CCCN1C(=O)[C@@H](Cc1ccccc1)NS(C)(=O)=O. The Morgan fingerprint density at radius 2 is 1.85 bits per heavy atom. The summed E-state index contributed by atoms with van der Waals surface area (Å²) in [6.45, 7) is 1.61. The van der Waals surface area contributed by atoms with Crippen LogP contribution in [0.15, 0.2) is 48.5 Å². The van der Waals surface area contributed by atoms with Crippen molar-refractivity contribution in [1.82, 2.24) is 14.9 Å². The summed E-state index contributed by atoms with van der Waals surface area (Å²) in [7, 11) is -2.17. The lowest BCUT2D eigenvalue weighted by molar-refractivity contribution is -0.139. The van der Waals surface area contributed by atoms with Gasteiger partial charge in [0.25, 0.3) is 5.97 Å². The zero-order valence-corrected chi connectivity index (χ0v) is 23.0. The highest BCUT2D eigenvalue weighted by molar-refractivity contribution is 7.88. The van der Waals surface area contributed by atoms with Gasteiger partial charge in [-0.05, 0) is 30.9 Å². The van der Waals surface area contributed by atoms with E-state index in [1.165, 1.54) is 12.0 Å².